The quantitative estimate of drug-likeness (QED) is 0.905. The molecule has 2 rings (SSSR count). The number of pyridine rings is 1. The normalized spacial score (nSPS) is 10.9. The van der Waals surface area contributed by atoms with Crippen molar-refractivity contribution in [3.8, 4) is 0 Å². The van der Waals surface area contributed by atoms with Crippen LogP contribution in [-0.4, -0.2) is 34.2 Å². The van der Waals surface area contributed by atoms with E-state index in [2.05, 4.69) is 4.98 Å². The Kier molecular flexibility index (Phi) is 3.31. The fourth-order valence-corrected chi connectivity index (χ4v) is 1.94. The number of carboxylic acid groups (broad SMARTS) is 1. The van der Waals surface area contributed by atoms with Crippen LogP contribution < -0.4 is 0 Å². The van der Waals surface area contributed by atoms with Gasteiger partial charge < -0.3 is 9.84 Å². The van der Waals surface area contributed by atoms with Gasteiger partial charge in [0.1, 0.15) is 11.5 Å². The van der Waals surface area contributed by atoms with Crippen LogP contribution in [0, 0.1) is 0 Å². The van der Waals surface area contributed by atoms with Crippen LogP contribution in [0.5, 0.6) is 0 Å². The molecule has 0 saturated heterocycles. The number of aromatic nitrogens is 2. The van der Waals surface area contributed by atoms with E-state index >= 15 is 0 Å². The summed E-state index contributed by atoms with van der Waals surface area (Å²) in [6.45, 7) is 0.462. The van der Waals surface area contributed by atoms with Gasteiger partial charge in [0, 0.05) is 13.5 Å². The Hall–Kier alpha value is -1.59. The Labute approximate surface area is 103 Å². The maximum Gasteiger partial charge on any atom is 0.352 e. The fraction of sp³-hybridized carbons (Fsp3) is 0.273. The van der Waals surface area contributed by atoms with Crippen molar-refractivity contribution in [1.82, 2.24) is 9.38 Å². The largest absolute Gasteiger partial charge is 0.477 e. The minimum atomic E-state index is -1.01. The highest BCUT2D eigenvalue weighted by Gasteiger charge is 2.15. The Morgan fingerprint density at radius 2 is 2.35 bits per heavy atom. The maximum absolute atomic E-state index is 11.1. The van der Waals surface area contributed by atoms with Crippen LogP contribution in [0.3, 0.4) is 0 Å². The van der Waals surface area contributed by atoms with Gasteiger partial charge in [0.15, 0.2) is 5.15 Å². The Morgan fingerprint density at radius 3 is 3.00 bits per heavy atom. The lowest BCUT2D eigenvalue weighted by molar-refractivity contribution is 0.0688. The monoisotopic (exact) mass is 254 g/mol. The van der Waals surface area contributed by atoms with Crippen LogP contribution in [0.1, 0.15) is 16.3 Å². The van der Waals surface area contributed by atoms with Crippen molar-refractivity contribution in [2.75, 3.05) is 13.7 Å². The van der Waals surface area contributed by atoms with Gasteiger partial charge in [0.05, 0.1) is 12.1 Å². The molecule has 0 atom stereocenters. The molecular weight excluding hydrogens is 244 g/mol. The molecule has 90 valence electrons. The predicted molar refractivity (Wildman–Crippen MR) is 62.7 cm³/mol. The number of ether oxygens (including phenoxy) is 1. The van der Waals surface area contributed by atoms with Gasteiger partial charge in [-0.3, -0.25) is 4.40 Å². The second kappa shape index (κ2) is 4.73. The summed E-state index contributed by atoms with van der Waals surface area (Å²) in [5.41, 5.74) is 0.741. The van der Waals surface area contributed by atoms with E-state index in [4.69, 9.17) is 21.4 Å². The molecule has 0 aromatic carbocycles. The van der Waals surface area contributed by atoms with Gasteiger partial charge in [-0.25, -0.2) is 9.78 Å². The third kappa shape index (κ3) is 2.11. The molecule has 2 heterocycles. The van der Waals surface area contributed by atoms with Crippen LogP contribution in [-0.2, 0) is 11.2 Å². The lowest BCUT2D eigenvalue weighted by Crippen LogP contribution is -2.09. The number of imidazole rings is 1. The lowest BCUT2D eigenvalue weighted by Gasteiger charge is -2.04. The van der Waals surface area contributed by atoms with Gasteiger partial charge in [-0.1, -0.05) is 17.7 Å². The number of aromatic carboxylic acids is 1. The average molecular weight is 255 g/mol. The molecule has 5 nitrogen and oxygen atoms in total. The molecule has 0 aliphatic heterocycles. The van der Waals surface area contributed by atoms with Crippen molar-refractivity contribution >= 4 is 23.1 Å². The highest BCUT2D eigenvalue weighted by Crippen LogP contribution is 2.20. The summed E-state index contributed by atoms with van der Waals surface area (Å²) in [6, 6.07) is 4.90. The highest BCUT2D eigenvalue weighted by atomic mass is 35.5. The first-order chi connectivity index (χ1) is 8.15. The number of rotatable bonds is 4. The standard InChI is InChI=1S/C11H11ClN2O3/c1-17-6-5-9-13-10(12)7-3-2-4-8(11(15)16)14(7)9/h2-4H,5-6H2,1H3,(H,15,16). The first-order valence-corrected chi connectivity index (χ1v) is 5.41. The third-order valence-corrected chi connectivity index (χ3v) is 2.71. The summed E-state index contributed by atoms with van der Waals surface area (Å²) in [7, 11) is 1.58. The smallest absolute Gasteiger partial charge is 0.352 e. The SMILES string of the molecule is COCCc1nc(Cl)c2cccc(C(=O)O)n12. The number of carbonyl (C=O) groups is 1. The zero-order valence-electron chi connectivity index (χ0n) is 9.18. The molecule has 2 aromatic heterocycles. The molecule has 0 aliphatic carbocycles. The summed E-state index contributed by atoms with van der Waals surface area (Å²) in [6.07, 6.45) is 0.509. The fourth-order valence-electron chi connectivity index (χ4n) is 1.70. The molecule has 6 heteroatoms. The van der Waals surface area contributed by atoms with E-state index in [0.29, 0.717) is 29.5 Å². The van der Waals surface area contributed by atoms with Crippen molar-refractivity contribution < 1.29 is 14.6 Å². The van der Waals surface area contributed by atoms with Crippen LogP contribution in [0.25, 0.3) is 5.52 Å². The average Bonchev–Trinajstić information content (AvgIpc) is 2.64. The Bertz CT molecular complexity index is 565. The Morgan fingerprint density at radius 1 is 1.59 bits per heavy atom. The first-order valence-electron chi connectivity index (χ1n) is 5.03. The van der Waals surface area contributed by atoms with E-state index < -0.39 is 5.97 Å². The van der Waals surface area contributed by atoms with Crippen LogP contribution in [0.15, 0.2) is 18.2 Å². The summed E-state index contributed by atoms with van der Waals surface area (Å²) in [5.74, 6) is -0.423. The van der Waals surface area contributed by atoms with Gasteiger partial charge >= 0.3 is 5.97 Å². The number of nitrogens with zero attached hydrogens (tertiary/aromatic N) is 2. The van der Waals surface area contributed by atoms with E-state index in [1.807, 2.05) is 0 Å². The zero-order chi connectivity index (χ0) is 12.4. The predicted octanol–water partition coefficient (Wildman–Crippen LogP) is 1.87. The summed E-state index contributed by atoms with van der Waals surface area (Å²) in [5, 5.41) is 9.42. The van der Waals surface area contributed by atoms with Gasteiger partial charge in [-0.15, -0.1) is 0 Å². The minimum absolute atomic E-state index is 0.146. The van der Waals surface area contributed by atoms with E-state index in [9.17, 15) is 4.79 Å². The van der Waals surface area contributed by atoms with Crippen LogP contribution in [0.2, 0.25) is 5.15 Å². The zero-order valence-corrected chi connectivity index (χ0v) is 9.94. The van der Waals surface area contributed by atoms with Gasteiger partial charge in [-0.2, -0.15) is 0 Å². The van der Waals surface area contributed by atoms with Crippen molar-refractivity contribution in [3.05, 3.63) is 34.9 Å². The van der Waals surface area contributed by atoms with E-state index in [-0.39, 0.29) is 5.69 Å². The summed E-state index contributed by atoms with van der Waals surface area (Å²) in [4.78, 5) is 15.3. The van der Waals surface area contributed by atoms with Gasteiger partial charge in [0.2, 0.25) is 0 Å². The van der Waals surface area contributed by atoms with Gasteiger partial charge in [0.25, 0.3) is 0 Å². The molecule has 0 fully saturated rings. The molecule has 0 saturated carbocycles. The maximum atomic E-state index is 11.1. The highest BCUT2D eigenvalue weighted by molar-refractivity contribution is 6.32. The van der Waals surface area contributed by atoms with E-state index in [1.165, 1.54) is 6.07 Å². The molecule has 0 radical (unpaired) electrons. The number of fused-ring (bicyclic) bond motifs is 1. The number of carboxylic acids is 1. The van der Waals surface area contributed by atoms with Gasteiger partial charge in [-0.05, 0) is 12.1 Å². The molecule has 1 N–H and O–H groups in total. The molecular formula is C11H11ClN2O3. The molecule has 17 heavy (non-hydrogen) atoms. The van der Waals surface area contributed by atoms with E-state index in [0.717, 1.165) is 0 Å². The number of halogens is 1. The summed E-state index contributed by atoms with van der Waals surface area (Å²) < 4.78 is 6.51. The van der Waals surface area contributed by atoms with Crippen molar-refractivity contribution in [3.63, 3.8) is 0 Å². The molecule has 2 aromatic rings. The summed E-state index contributed by atoms with van der Waals surface area (Å²) >= 11 is 5.97. The molecule has 0 spiro atoms. The van der Waals surface area contributed by atoms with Crippen molar-refractivity contribution in [2.45, 2.75) is 6.42 Å². The topological polar surface area (TPSA) is 63.8 Å². The van der Waals surface area contributed by atoms with Crippen LogP contribution >= 0.6 is 11.6 Å². The second-order valence-electron chi connectivity index (χ2n) is 3.50. The van der Waals surface area contributed by atoms with Crippen LogP contribution in [0.4, 0.5) is 0 Å². The molecule has 0 aliphatic rings. The Balaban J connectivity index is 2.63. The molecule has 0 amide bonds. The number of hydrogen-bond donors (Lipinski definition) is 1. The first kappa shape index (κ1) is 11.9. The van der Waals surface area contributed by atoms with Crippen molar-refractivity contribution in [2.24, 2.45) is 0 Å². The number of methoxy groups -OCH3 is 1. The lowest BCUT2D eigenvalue weighted by atomic mass is 10.3. The molecule has 0 unspecified atom stereocenters. The van der Waals surface area contributed by atoms with Crippen molar-refractivity contribution in [1.29, 1.82) is 0 Å². The number of hydrogen-bond acceptors (Lipinski definition) is 3. The third-order valence-electron chi connectivity index (χ3n) is 2.44. The minimum Gasteiger partial charge on any atom is -0.477 e. The molecule has 0 bridgehead atoms. The van der Waals surface area contributed by atoms with E-state index in [1.54, 1.807) is 23.6 Å². The second-order valence-corrected chi connectivity index (χ2v) is 3.86.